The summed E-state index contributed by atoms with van der Waals surface area (Å²) in [5, 5.41) is 40.8. The zero-order valence-electron chi connectivity index (χ0n) is 20.2. The van der Waals surface area contributed by atoms with E-state index in [2.05, 4.69) is 15.4 Å². The average molecular weight is 548 g/mol. The number of hydrogen-bond acceptors (Lipinski definition) is 11. The van der Waals surface area contributed by atoms with E-state index in [9.17, 15) is 39.3 Å². The van der Waals surface area contributed by atoms with Crippen molar-refractivity contribution in [1.29, 1.82) is 0 Å². The minimum absolute atomic E-state index is 0. The van der Waals surface area contributed by atoms with Gasteiger partial charge in [0, 0.05) is 10.6 Å². The van der Waals surface area contributed by atoms with Gasteiger partial charge in [-0.25, -0.2) is 9.89 Å². The van der Waals surface area contributed by atoms with E-state index in [0.29, 0.717) is 0 Å². The molecule has 184 valence electrons. The molecule has 0 saturated carbocycles. The Balaban J connectivity index is 0.00000241. The van der Waals surface area contributed by atoms with Crippen LogP contribution in [0.5, 0.6) is 5.75 Å². The zero-order chi connectivity index (χ0) is 25.7. The van der Waals surface area contributed by atoms with Crippen molar-refractivity contribution in [3.63, 3.8) is 0 Å². The molecule has 2 aliphatic heterocycles. The fourth-order valence-electron chi connectivity index (χ4n) is 3.97. The summed E-state index contributed by atoms with van der Waals surface area (Å²) in [5.41, 5.74) is -2.68. The number of aromatic hydroxyl groups is 1. The van der Waals surface area contributed by atoms with E-state index in [-0.39, 0.29) is 70.4 Å². The molecule has 0 aliphatic carbocycles. The second kappa shape index (κ2) is 11.7. The number of amides is 2. The summed E-state index contributed by atoms with van der Waals surface area (Å²) in [7, 11) is 0. The van der Waals surface area contributed by atoms with Gasteiger partial charge in [0.05, 0.1) is 12.0 Å². The first-order valence-electron chi connectivity index (χ1n) is 10.1. The molecule has 2 aliphatic rings. The third kappa shape index (κ3) is 5.97. The van der Waals surface area contributed by atoms with Crippen LogP contribution in [0.15, 0.2) is 38.8 Å². The molecule has 14 nitrogen and oxygen atoms in total. The number of nitrogens with one attached hydrogen (secondary N) is 3. The molecule has 4 N–H and O–H groups in total. The van der Waals surface area contributed by atoms with E-state index in [1.807, 2.05) is 10.1 Å². The second-order valence-electron chi connectivity index (χ2n) is 8.35. The van der Waals surface area contributed by atoms with Crippen LogP contribution in [-0.2, 0) is 14.4 Å². The Labute approximate surface area is 256 Å². The van der Waals surface area contributed by atoms with Crippen LogP contribution < -0.4 is 85.9 Å². The quantitative estimate of drug-likeness (QED) is 0.115. The number of carboxylic acid groups (broad SMARTS) is 1. The van der Waals surface area contributed by atoms with Crippen LogP contribution in [0.4, 0.5) is 0 Å². The molecule has 2 fully saturated rings. The number of hydrogen-bond donors (Lipinski definition) is 4. The number of thioether (sulfide) groups is 1. The summed E-state index contributed by atoms with van der Waals surface area (Å²) in [6.45, 7) is 3.29. The summed E-state index contributed by atoms with van der Waals surface area (Å²) in [6, 6.07) is 1.29. The van der Waals surface area contributed by atoms with Gasteiger partial charge in [-0.3, -0.25) is 24.4 Å². The number of carboxylic acids is 1. The summed E-state index contributed by atoms with van der Waals surface area (Å²) in [4.78, 5) is 67.2. The maximum Gasteiger partial charge on any atom is 1.00 e. The van der Waals surface area contributed by atoms with Gasteiger partial charge in [-0.1, -0.05) is 12.1 Å². The number of benzene rings is 1. The molecule has 4 atom stereocenters. The number of aliphatic imine (C=N–C) groups is 1. The van der Waals surface area contributed by atoms with Crippen LogP contribution in [0.1, 0.15) is 31.1 Å². The van der Waals surface area contributed by atoms with Gasteiger partial charge >= 0.3 is 64.8 Å². The monoisotopic (exact) mass is 548 g/mol. The van der Waals surface area contributed by atoms with Gasteiger partial charge < -0.3 is 30.3 Å². The number of aliphatic carboxylic acids is 1. The van der Waals surface area contributed by atoms with Crippen molar-refractivity contribution in [2.45, 2.75) is 42.1 Å². The van der Waals surface area contributed by atoms with Crippen molar-refractivity contribution in [3.8, 4) is 5.75 Å². The third-order valence-corrected chi connectivity index (χ3v) is 7.15. The molecule has 2 amide bonds. The summed E-state index contributed by atoms with van der Waals surface area (Å²) in [5.74, 6) is -4.28. The van der Waals surface area contributed by atoms with E-state index in [1.54, 1.807) is 13.8 Å². The van der Waals surface area contributed by atoms with Crippen LogP contribution in [0.3, 0.4) is 0 Å². The molecule has 0 bridgehead atoms. The molecule has 17 heteroatoms. The number of β-lactam (4-membered cyclic amide) rings is 1. The Morgan fingerprint density at radius 3 is 2.38 bits per heavy atom. The maximum absolute atomic E-state index is 13.2. The average Bonchev–Trinajstić information content (AvgIpc) is 3.04. The number of carbonyl (C=O) groups is 3. The summed E-state index contributed by atoms with van der Waals surface area (Å²) >= 11 is 1.18. The standard InChI is InChI=1S/C20H20N6O8S.2Na/c1-20(2)12(18(32)33)26-16(31)11(17(26)35-20)22-13(28)9(7-3-5-8(27)6-4-7)21-14(29)10-15(30)23-19(34)25-24-10;;/h3-6,9,11-12,17,27H,1-2H3,(H,21,29)(H,22,28)(H,32,33)(H2,23,25,30,34);;/q;2*+1/p-2/t9-,11-,12+,17-;;/m1../s1. The van der Waals surface area contributed by atoms with Crippen LogP contribution in [0, 0.1) is 0 Å². The van der Waals surface area contributed by atoms with Gasteiger partial charge in [0.1, 0.15) is 17.2 Å². The molecule has 2 saturated heterocycles. The summed E-state index contributed by atoms with van der Waals surface area (Å²) in [6.07, 6.45) is 0. The number of phenols is 1. The number of carbonyl (C=O) groups excluding carboxylic acids is 3. The zero-order valence-corrected chi connectivity index (χ0v) is 25.0. The molecular formula is C20H18N6Na2O8S. The Kier molecular flexibility index (Phi) is 9.84. The van der Waals surface area contributed by atoms with E-state index >= 15 is 0 Å². The number of fused-ring (bicyclic) bond motifs is 1. The van der Waals surface area contributed by atoms with Crippen molar-refractivity contribution in [2.24, 2.45) is 4.99 Å². The first-order chi connectivity index (χ1) is 16.4. The Bertz CT molecular complexity index is 1360. The largest absolute Gasteiger partial charge is 1.00 e. The Hall–Kier alpha value is -2.14. The Morgan fingerprint density at radius 1 is 1.19 bits per heavy atom. The maximum atomic E-state index is 13.2. The minimum Gasteiger partial charge on any atom is -0.857 e. The van der Waals surface area contributed by atoms with Crippen molar-refractivity contribution in [2.75, 3.05) is 0 Å². The molecule has 0 spiro atoms. The van der Waals surface area contributed by atoms with E-state index in [0.717, 1.165) is 4.90 Å². The molecule has 3 heterocycles. The molecule has 1 aromatic carbocycles. The molecule has 37 heavy (non-hydrogen) atoms. The predicted molar refractivity (Wildman–Crippen MR) is 116 cm³/mol. The van der Waals surface area contributed by atoms with Crippen LogP contribution in [0.2, 0.25) is 0 Å². The van der Waals surface area contributed by atoms with Crippen molar-refractivity contribution < 1.29 is 88.8 Å². The number of aromatic amines is 2. The second-order valence-corrected chi connectivity index (χ2v) is 10.1. The van der Waals surface area contributed by atoms with Crippen molar-refractivity contribution in [3.05, 3.63) is 56.4 Å². The van der Waals surface area contributed by atoms with Crippen molar-refractivity contribution in [1.82, 2.24) is 25.4 Å². The molecule has 0 radical (unpaired) electrons. The summed E-state index contributed by atoms with van der Waals surface area (Å²) < 4.78 is -0.869. The molecule has 2 aromatic rings. The number of phenolic OH excluding ortho intramolecular Hbond substituents is 1. The Morgan fingerprint density at radius 2 is 1.81 bits per heavy atom. The van der Waals surface area contributed by atoms with E-state index in [1.165, 1.54) is 36.0 Å². The SMILES string of the molecule is CC1(C)S[C@@H]2[C@H](NC(=O)[C@H](N=C([O-])c3n[nH]c(=O)[nH]c3=O)c3ccc(O)cc3)C(=O)N2[C@H]1C(=O)[O-].[Na+].[Na+]. The topological polar surface area (TPSA) is 224 Å². The van der Waals surface area contributed by atoms with Crippen molar-refractivity contribution >= 4 is 35.4 Å². The minimum atomic E-state index is -1.56. The van der Waals surface area contributed by atoms with Crippen LogP contribution in [-0.4, -0.2) is 71.1 Å². The predicted octanol–water partition coefficient (Wildman–Crippen LogP) is -9.68. The number of nitrogens with zero attached hydrogens (tertiary/aromatic N) is 3. The fraction of sp³-hybridized carbons (Fsp3) is 0.350. The first-order valence-corrected chi connectivity index (χ1v) is 11.0. The normalized spacial score (nSPS) is 22.5. The molecule has 4 rings (SSSR count). The number of rotatable bonds is 6. The van der Waals surface area contributed by atoms with Gasteiger partial charge in [-0.15, -0.1) is 11.8 Å². The third-order valence-electron chi connectivity index (χ3n) is 5.58. The number of H-pyrrole nitrogens is 2. The van der Waals surface area contributed by atoms with Gasteiger partial charge in [0.15, 0.2) is 11.7 Å². The van der Waals surface area contributed by atoms with Gasteiger partial charge in [0.2, 0.25) is 11.8 Å². The van der Waals surface area contributed by atoms with Gasteiger partial charge in [-0.05, 0) is 31.5 Å². The van der Waals surface area contributed by atoms with Gasteiger partial charge in [-0.2, -0.15) is 5.10 Å². The van der Waals surface area contributed by atoms with E-state index in [4.69, 9.17) is 0 Å². The molecule has 1 aromatic heterocycles. The molecular weight excluding hydrogens is 530 g/mol. The van der Waals surface area contributed by atoms with E-state index < -0.39 is 68.9 Å². The van der Waals surface area contributed by atoms with Crippen LogP contribution in [0.25, 0.3) is 0 Å². The van der Waals surface area contributed by atoms with Gasteiger partial charge in [0.25, 0.3) is 5.56 Å². The first kappa shape index (κ1) is 31.1. The van der Waals surface area contributed by atoms with Crippen LogP contribution >= 0.6 is 11.8 Å². The molecule has 0 unspecified atom stereocenters. The fourth-order valence-corrected chi connectivity index (χ4v) is 5.59. The smallest absolute Gasteiger partial charge is 0.857 e. The number of aromatic nitrogens is 3.